The number of hydrogen-bond acceptors (Lipinski definition) is 4. The molecule has 23 heavy (non-hydrogen) atoms. The molecule has 0 fully saturated rings. The number of nitro groups is 1. The third-order valence-corrected chi connectivity index (χ3v) is 3.82. The lowest BCUT2D eigenvalue weighted by molar-refractivity contribution is -0.386. The Hall–Kier alpha value is -2.41. The summed E-state index contributed by atoms with van der Waals surface area (Å²) in [6.45, 7) is 3.54. The number of carbonyl (C=O) groups is 1. The largest absolute Gasteiger partial charge is 0.340 e. The van der Waals surface area contributed by atoms with Crippen LogP contribution in [0.1, 0.15) is 17.0 Å². The first-order valence-electron chi connectivity index (χ1n) is 6.96. The lowest BCUT2D eigenvalue weighted by atomic mass is 10.2. The minimum absolute atomic E-state index is 0.0371. The number of halogens is 1. The van der Waals surface area contributed by atoms with Gasteiger partial charge in [-0.05, 0) is 31.5 Å². The highest BCUT2D eigenvalue weighted by atomic mass is 35.5. The Balaban J connectivity index is 2.08. The van der Waals surface area contributed by atoms with Gasteiger partial charge in [-0.2, -0.15) is 5.10 Å². The summed E-state index contributed by atoms with van der Waals surface area (Å²) in [6, 6.07) is 7.22. The Morgan fingerprint density at radius 1 is 1.35 bits per heavy atom. The fourth-order valence-electron chi connectivity index (χ4n) is 2.31. The monoisotopic (exact) mass is 336 g/mol. The quantitative estimate of drug-likeness (QED) is 0.621. The average molecular weight is 337 g/mol. The molecule has 0 aliphatic carbocycles. The van der Waals surface area contributed by atoms with Crippen molar-refractivity contribution >= 4 is 23.2 Å². The van der Waals surface area contributed by atoms with Crippen LogP contribution in [-0.4, -0.2) is 32.6 Å². The molecule has 2 rings (SSSR count). The van der Waals surface area contributed by atoms with Crippen molar-refractivity contribution in [2.45, 2.75) is 26.9 Å². The zero-order chi connectivity index (χ0) is 17.1. The second-order valence-corrected chi connectivity index (χ2v) is 5.75. The van der Waals surface area contributed by atoms with Gasteiger partial charge in [0.2, 0.25) is 5.91 Å². The van der Waals surface area contributed by atoms with Gasteiger partial charge >= 0.3 is 5.69 Å². The number of carbonyl (C=O) groups excluding carboxylic acids is 1. The lowest BCUT2D eigenvalue weighted by Crippen LogP contribution is -2.30. The molecule has 0 saturated heterocycles. The summed E-state index contributed by atoms with van der Waals surface area (Å²) in [7, 11) is 1.68. The molecule has 0 unspecified atom stereocenters. The number of rotatable bonds is 5. The predicted molar refractivity (Wildman–Crippen MR) is 86.3 cm³/mol. The highest BCUT2D eigenvalue weighted by molar-refractivity contribution is 6.30. The SMILES string of the molecule is Cc1nn(CC(=O)N(C)Cc2ccc(Cl)cc2)c(C)c1[N+](=O)[O-]. The van der Waals surface area contributed by atoms with E-state index in [9.17, 15) is 14.9 Å². The molecular formula is C15H17ClN4O3. The van der Waals surface area contributed by atoms with E-state index < -0.39 is 4.92 Å². The van der Waals surface area contributed by atoms with Gasteiger partial charge in [-0.15, -0.1) is 0 Å². The maximum atomic E-state index is 12.3. The van der Waals surface area contributed by atoms with Gasteiger partial charge in [0.15, 0.2) is 0 Å². The maximum Gasteiger partial charge on any atom is 0.312 e. The van der Waals surface area contributed by atoms with Gasteiger partial charge in [-0.1, -0.05) is 23.7 Å². The molecule has 0 saturated carbocycles. The van der Waals surface area contributed by atoms with Crippen LogP contribution in [0.3, 0.4) is 0 Å². The molecular weight excluding hydrogens is 320 g/mol. The molecule has 1 amide bonds. The first kappa shape index (κ1) is 17.0. The minimum Gasteiger partial charge on any atom is -0.340 e. The summed E-state index contributed by atoms with van der Waals surface area (Å²) >= 11 is 5.83. The molecule has 0 atom stereocenters. The van der Waals surface area contributed by atoms with Gasteiger partial charge in [-0.3, -0.25) is 19.6 Å². The van der Waals surface area contributed by atoms with Crippen LogP contribution in [0.15, 0.2) is 24.3 Å². The highest BCUT2D eigenvalue weighted by Crippen LogP contribution is 2.21. The Bertz CT molecular complexity index is 740. The van der Waals surface area contributed by atoms with E-state index in [-0.39, 0.29) is 18.1 Å². The van der Waals surface area contributed by atoms with Crippen LogP contribution in [0.5, 0.6) is 0 Å². The van der Waals surface area contributed by atoms with Crippen molar-refractivity contribution in [1.82, 2.24) is 14.7 Å². The van der Waals surface area contributed by atoms with Crippen LogP contribution in [-0.2, 0) is 17.9 Å². The Morgan fingerprint density at radius 2 is 1.96 bits per heavy atom. The predicted octanol–water partition coefficient (Wildman–Crippen LogP) is 2.72. The van der Waals surface area contributed by atoms with Crippen molar-refractivity contribution < 1.29 is 9.72 Å². The first-order chi connectivity index (χ1) is 10.8. The summed E-state index contributed by atoms with van der Waals surface area (Å²) in [6.07, 6.45) is 0. The van der Waals surface area contributed by atoms with Gasteiger partial charge < -0.3 is 4.90 Å². The number of aromatic nitrogens is 2. The first-order valence-corrected chi connectivity index (χ1v) is 7.34. The summed E-state index contributed by atoms with van der Waals surface area (Å²) < 4.78 is 1.37. The van der Waals surface area contributed by atoms with E-state index in [4.69, 9.17) is 11.6 Å². The third kappa shape index (κ3) is 3.87. The Morgan fingerprint density at radius 3 is 2.48 bits per heavy atom. The van der Waals surface area contributed by atoms with Crippen LogP contribution in [0.25, 0.3) is 0 Å². The van der Waals surface area contributed by atoms with Crippen molar-refractivity contribution in [2.75, 3.05) is 7.05 Å². The molecule has 8 heteroatoms. The average Bonchev–Trinajstić information content (AvgIpc) is 2.75. The molecule has 122 valence electrons. The van der Waals surface area contributed by atoms with Crippen molar-refractivity contribution in [3.05, 3.63) is 56.4 Å². The van der Waals surface area contributed by atoms with Gasteiger partial charge in [-0.25, -0.2) is 0 Å². The van der Waals surface area contributed by atoms with Crippen molar-refractivity contribution in [3.63, 3.8) is 0 Å². The number of nitrogens with zero attached hydrogens (tertiary/aromatic N) is 4. The number of amides is 1. The van der Waals surface area contributed by atoms with Crippen LogP contribution < -0.4 is 0 Å². The molecule has 1 aromatic carbocycles. The fraction of sp³-hybridized carbons (Fsp3) is 0.333. The standard InChI is InChI=1S/C15H17ClN4O3/c1-10-15(20(22)23)11(2)19(17-10)9-14(21)18(3)8-12-4-6-13(16)7-5-12/h4-7H,8-9H2,1-3H3. The maximum absolute atomic E-state index is 12.3. The van der Waals surface area contributed by atoms with Crippen LogP contribution in [0, 0.1) is 24.0 Å². The third-order valence-electron chi connectivity index (χ3n) is 3.57. The van der Waals surface area contributed by atoms with E-state index in [1.54, 1.807) is 37.9 Å². The van der Waals surface area contributed by atoms with Gasteiger partial charge in [0.05, 0.1) is 4.92 Å². The zero-order valence-electron chi connectivity index (χ0n) is 13.1. The van der Waals surface area contributed by atoms with Crippen molar-refractivity contribution in [1.29, 1.82) is 0 Å². The van der Waals surface area contributed by atoms with Crippen LogP contribution in [0.2, 0.25) is 5.02 Å². The number of benzene rings is 1. The fourth-order valence-corrected chi connectivity index (χ4v) is 2.43. The van der Waals surface area contributed by atoms with E-state index in [1.165, 1.54) is 4.68 Å². The molecule has 0 spiro atoms. The van der Waals surface area contributed by atoms with E-state index in [0.717, 1.165) is 5.56 Å². The Kier molecular flexibility index (Phi) is 5.00. The van der Waals surface area contributed by atoms with E-state index >= 15 is 0 Å². The summed E-state index contributed by atoms with van der Waals surface area (Å²) in [5, 5.41) is 15.7. The molecule has 7 nitrogen and oxygen atoms in total. The minimum atomic E-state index is -0.476. The lowest BCUT2D eigenvalue weighted by Gasteiger charge is -2.17. The van der Waals surface area contributed by atoms with E-state index in [1.807, 2.05) is 12.1 Å². The second kappa shape index (κ2) is 6.78. The Labute approximate surface area is 138 Å². The van der Waals surface area contributed by atoms with Gasteiger partial charge in [0, 0.05) is 18.6 Å². The molecule has 0 bridgehead atoms. The smallest absolute Gasteiger partial charge is 0.312 e. The van der Waals surface area contributed by atoms with Crippen LogP contribution >= 0.6 is 11.6 Å². The number of likely N-dealkylation sites (N-methyl/N-ethyl adjacent to an activating group) is 1. The normalized spacial score (nSPS) is 10.6. The molecule has 0 aliphatic rings. The molecule has 0 N–H and O–H groups in total. The van der Waals surface area contributed by atoms with Gasteiger partial charge in [0.1, 0.15) is 17.9 Å². The highest BCUT2D eigenvalue weighted by Gasteiger charge is 2.23. The van der Waals surface area contributed by atoms with Crippen molar-refractivity contribution in [3.8, 4) is 0 Å². The van der Waals surface area contributed by atoms with E-state index in [2.05, 4.69) is 5.10 Å². The van der Waals surface area contributed by atoms with Crippen molar-refractivity contribution in [2.24, 2.45) is 0 Å². The van der Waals surface area contributed by atoms with Crippen LogP contribution in [0.4, 0.5) is 5.69 Å². The molecule has 0 radical (unpaired) electrons. The number of aryl methyl sites for hydroxylation is 1. The summed E-state index contributed by atoms with van der Waals surface area (Å²) in [5.74, 6) is -0.180. The second-order valence-electron chi connectivity index (χ2n) is 5.31. The molecule has 1 aromatic heterocycles. The summed E-state index contributed by atoms with van der Waals surface area (Å²) in [5.41, 5.74) is 1.59. The van der Waals surface area contributed by atoms with Gasteiger partial charge in [0.25, 0.3) is 0 Å². The molecule has 1 heterocycles. The van der Waals surface area contributed by atoms with E-state index in [0.29, 0.717) is 23.0 Å². The number of hydrogen-bond donors (Lipinski definition) is 0. The zero-order valence-corrected chi connectivity index (χ0v) is 13.9. The topological polar surface area (TPSA) is 81.3 Å². The molecule has 0 aliphatic heterocycles. The summed E-state index contributed by atoms with van der Waals surface area (Å²) in [4.78, 5) is 24.4. The molecule has 2 aromatic rings.